The maximum Gasteiger partial charge on any atom is 0.0454 e. The molecule has 1 aromatic carbocycles. The summed E-state index contributed by atoms with van der Waals surface area (Å²) < 4.78 is 1.12. The first-order valence-electron chi connectivity index (χ1n) is 7.06. The third-order valence-electron chi connectivity index (χ3n) is 4.32. The van der Waals surface area contributed by atoms with Crippen molar-refractivity contribution < 1.29 is 0 Å². The van der Waals surface area contributed by atoms with Gasteiger partial charge in [0.2, 0.25) is 0 Å². The number of benzene rings is 1. The van der Waals surface area contributed by atoms with E-state index in [0.29, 0.717) is 12.0 Å². The Kier molecular flexibility index (Phi) is 4.18. The summed E-state index contributed by atoms with van der Waals surface area (Å²) in [5, 5.41) is 4.25. The Morgan fingerprint density at radius 2 is 2.16 bits per heavy atom. The SMILES string of the molecule is CNCC1CCN(C2CC2)C1c1cc(Br)ccc1Cl. The van der Waals surface area contributed by atoms with Gasteiger partial charge in [-0.2, -0.15) is 0 Å². The Bertz CT molecular complexity index is 461. The highest BCUT2D eigenvalue weighted by molar-refractivity contribution is 9.10. The van der Waals surface area contributed by atoms with Crippen molar-refractivity contribution >= 4 is 27.5 Å². The van der Waals surface area contributed by atoms with Crippen molar-refractivity contribution in [1.82, 2.24) is 10.2 Å². The number of nitrogens with zero attached hydrogens (tertiary/aromatic N) is 1. The molecule has 0 amide bonds. The lowest BCUT2D eigenvalue weighted by Gasteiger charge is -2.29. The van der Waals surface area contributed by atoms with Gasteiger partial charge in [-0.25, -0.2) is 0 Å². The smallest absolute Gasteiger partial charge is 0.0454 e. The lowest BCUT2D eigenvalue weighted by atomic mass is 9.93. The van der Waals surface area contributed by atoms with E-state index in [1.807, 2.05) is 19.2 Å². The molecule has 0 spiro atoms. The predicted molar refractivity (Wildman–Crippen MR) is 83.7 cm³/mol. The summed E-state index contributed by atoms with van der Waals surface area (Å²) in [4.78, 5) is 2.68. The van der Waals surface area contributed by atoms with Gasteiger partial charge in [-0.1, -0.05) is 27.5 Å². The van der Waals surface area contributed by atoms with Crippen LogP contribution >= 0.6 is 27.5 Å². The zero-order valence-corrected chi connectivity index (χ0v) is 13.5. The average Bonchev–Trinajstić information content (AvgIpc) is 3.15. The summed E-state index contributed by atoms with van der Waals surface area (Å²) in [5.41, 5.74) is 1.29. The molecular formula is C15H20BrClN2. The summed E-state index contributed by atoms with van der Waals surface area (Å²) in [6.45, 7) is 2.28. The minimum atomic E-state index is 0.477. The number of rotatable bonds is 4. The van der Waals surface area contributed by atoms with Crippen molar-refractivity contribution in [3.05, 3.63) is 33.3 Å². The van der Waals surface area contributed by atoms with Crippen LogP contribution in [-0.2, 0) is 0 Å². The monoisotopic (exact) mass is 342 g/mol. The molecule has 0 aromatic heterocycles. The maximum atomic E-state index is 6.46. The number of hydrogen-bond donors (Lipinski definition) is 1. The zero-order valence-electron chi connectivity index (χ0n) is 11.2. The van der Waals surface area contributed by atoms with Crippen LogP contribution in [0.25, 0.3) is 0 Å². The van der Waals surface area contributed by atoms with Crippen molar-refractivity contribution in [2.45, 2.75) is 31.3 Å². The molecule has 1 saturated carbocycles. The van der Waals surface area contributed by atoms with Crippen molar-refractivity contribution in [1.29, 1.82) is 0 Å². The summed E-state index contributed by atoms with van der Waals surface area (Å²) in [5.74, 6) is 0.664. The van der Waals surface area contributed by atoms with E-state index in [2.05, 4.69) is 32.2 Å². The lowest BCUT2D eigenvalue weighted by Crippen LogP contribution is -2.31. The van der Waals surface area contributed by atoms with Gasteiger partial charge in [-0.3, -0.25) is 4.90 Å². The molecule has 1 aliphatic heterocycles. The third-order valence-corrected chi connectivity index (χ3v) is 5.16. The molecule has 1 aromatic rings. The van der Waals surface area contributed by atoms with Gasteiger partial charge in [0.1, 0.15) is 0 Å². The molecule has 1 saturated heterocycles. The van der Waals surface area contributed by atoms with E-state index in [-0.39, 0.29) is 0 Å². The second kappa shape index (κ2) is 5.72. The number of hydrogen-bond acceptors (Lipinski definition) is 2. The molecule has 1 aliphatic carbocycles. The van der Waals surface area contributed by atoms with Gasteiger partial charge in [0.05, 0.1) is 0 Å². The Labute approximate surface area is 128 Å². The second-order valence-electron chi connectivity index (χ2n) is 5.69. The minimum Gasteiger partial charge on any atom is -0.319 e. The third kappa shape index (κ3) is 2.85. The fraction of sp³-hybridized carbons (Fsp3) is 0.600. The average molecular weight is 344 g/mol. The van der Waals surface area contributed by atoms with Gasteiger partial charge in [0.15, 0.2) is 0 Å². The quantitative estimate of drug-likeness (QED) is 0.893. The van der Waals surface area contributed by atoms with Crippen LogP contribution in [0.1, 0.15) is 30.9 Å². The van der Waals surface area contributed by atoms with Gasteiger partial charge in [0, 0.05) is 21.6 Å². The van der Waals surface area contributed by atoms with Crippen molar-refractivity contribution in [3.8, 4) is 0 Å². The Morgan fingerprint density at radius 3 is 2.84 bits per heavy atom. The fourth-order valence-corrected chi connectivity index (χ4v) is 3.96. The second-order valence-corrected chi connectivity index (χ2v) is 7.01. The largest absolute Gasteiger partial charge is 0.319 e. The molecule has 19 heavy (non-hydrogen) atoms. The highest BCUT2D eigenvalue weighted by Gasteiger charge is 2.42. The van der Waals surface area contributed by atoms with Gasteiger partial charge in [-0.15, -0.1) is 0 Å². The highest BCUT2D eigenvalue weighted by Crippen LogP contribution is 2.46. The van der Waals surface area contributed by atoms with E-state index >= 15 is 0 Å². The Balaban J connectivity index is 1.93. The lowest BCUT2D eigenvalue weighted by molar-refractivity contribution is 0.217. The number of halogens is 2. The summed E-state index contributed by atoms with van der Waals surface area (Å²) in [6.07, 6.45) is 3.98. The standard InChI is InChI=1S/C15H20BrClN2/c1-18-9-10-6-7-19(12-3-4-12)15(10)13-8-11(16)2-5-14(13)17/h2,5,8,10,12,15,18H,3-4,6-7,9H2,1H3. The van der Waals surface area contributed by atoms with Gasteiger partial charge in [-0.05, 0) is 69.1 Å². The fourth-order valence-electron chi connectivity index (χ4n) is 3.35. The molecule has 1 heterocycles. The molecule has 2 aliphatic rings. The molecule has 104 valence electrons. The van der Waals surface area contributed by atoms with Gasteiger partial charge < -0.3 is 5.32 Å². The zero-order chi connectivity index (χ0) is 13.4. The van der Waals surface area contributed by atoms with Crippen LogP contribution in [0.4, 0.5) is 0 Å². The van der Waals surface area contributed by atoms with E-state index in [0.717, 1.165) is 22.1 Å². The Morgan fingerprint density at radius 1 is 1.37 bits per heavy atom. The van der Waals surface area contributed by atoms with E-state index in [4.69, 9.17) is 11.6 Å². The topological polar surface area (TPSA) is 15.3 Å². The minimum absolute atomic E-state index is 0.477. The molecule has 4 heteroatoms. The Hall–Kier alpha value is -0.0900. The predicted octanol–water partition coefficient (Wildman–Crippen LogP) is 3.85. The maximum absolute atomic E-state index is 6.46. The van der Waals surface area contributed by atoms with Crippen LogP contribution in [-0.4, -0.2) is 31.1 Å². The first-order chi connectivity index (χ1) is 9.20. The summed E-state index contributed by atoms with van der Waals surface area (Å²) in [6, 6.07) is 7.51. The van der Waals surface area contributed by atoms with E-state index in [1.165, 1.54) is 31.4 Å². The van der Waals surface area contributed by atoms with Crippen molar-refractivity contribution in [2.75, 3.05) is 20.1 Å². The van der Waals surface area contributed by atoms with E-state index in [1.54, 1.807) is 0 Å². The molecular weight excluding hydrogens is 324 g/mol. The van der Waals surface area contributed by atoms with Crippen LogP contribution in [0.2, 0.25) is 5.02 Å². The van der Waals surface area contributed by atoms with Crippen LogP contribution < -0.4 is 5.32 Å². The van der Waals surface area contributed by atoms with Crippen LogP contribution in [0, 0.1) is 5.92 Å². The molecule has 2 nitrogen and oxygen atoms in total. The molecule has 2 unspecified atom stereocenters. The molecule has 2 atom stereocenters. The van der Waals surface area contributed by atoms with Crippen LogP contribution in [0.3, 0.4) is 0 Å². The molecule has 3 rings (SSSR count). The van der Waals surface area contributed by atoms with Gasteiger partial charge in [0.25, 0.3) is 0 Å². The number of likely N-dealkylation sites (tertiary alicyclic amines) is 1. The first-order valence-corrected chi connectivity index (χ1v) is 8.23. The van der Waals surface area contributed by atoms with Gasteiger partial charge >= 0.3 is 0 Å². The molecule has 0 radical (unpaired) electrons. The van der Waals surface area contributed by atoms with E-state index in [9.17, 15) is 0 Å². The van der Waals surface area contributed by atoms with E-state index < -0.39 is 0 Å². The molecule has 1 N–H and O–H groups in total. The number of nitrogens with one attached hydrogen (secondary N) is 1. The molecule has 2 fully saturated rings. The molecule has 0 bridgehead atoms. The highest BCUT2D eigenvalue weighted by atomic mass is 79.9. The van der Waals surface area contributed by atoms with Crippen LogP contribution in [0.15, 0.2) is 22.7 Å². The summed E-state index contributed by atoms with van der Waals surface area (Å²) >= 11 is 10.0. The van der Waals surface area contributed by atoms with Crippen molar-refractivity contribution in [3.63, 3.8) is 0 Å². The normalized spacial score (nSPS) is 27.9. The van der Waals surface area contributed by atoms with Crippen LogP contribution in [0.5, 0.6) is 0 Å². The summed E-state index contributed by atoms with van der Waals surface area (Å²) in [7, 11) is 2.04. The van der Waals surface area contributed by atoms with Crippen molar-refractivity contribution in [2.24, 2.45) is 5.92 Å². The first kappa shape index (κ1) is 13.9.